The predicted molar refractivity (Wildman–Crippen MR) is 102 cm³/mol. The number of rotatable bonds is 5. The zero-order chi connectivity index (χ0) is 18.2. The second-order valence-electron chi connectivity index (χ2n) is 5.38. The molecule has 0 saturated heterocycles. The Kier molecular flexibility index (Phi) is 5.63. The van der Waals surface area contributed by atoms with Crippen LogP contribution in [0.5, 0.6) is 5.75 Å². The normalized spacial score (nSPS) is 10.5. The van der Waals surface area contributed by atoms with Crippen molar-refractivity contribution in [1.29, 1.82) is 0 Å². The monoisotopic (exact) mass is 346 g/mol. The van der Waals surface area contributed by atoms with E-state index in [0.717, 1.165) is 16.6 Å². The van der Waals surface area contributed by atoms with Crippen LogP contribution in [0, 0.1) is 11.8 Å². The number of nitrogens with one attached hydrogen (secondary N) is 1. The Hall–Kier alpha value is -3.59. The van der Waals surface area contributed by atoms with Crippen molar-refractivity contribution >= 4 is 22.8 Å². The number of pyridine rings is 2. The van der Waals surface area contributed by atoms with E-state index < -0.39 is 0 Å². The summed E-state index contributed by atoms with van der Waals surface area (Å²) in [6.07, 6.45) is 3.68. The third-order valence-corrected chi connectivity index (χ3v) is 3.72. The van der Waals surface area contributed by atoms with Gasteiger partial charge in [0.05, 0.1) is 18.8 Å². The van der Waals surface area contributed by atoms with Gasteiger partial charge in [-0.15, -0.1) is 0 Å². The molecular formula is C20H18N4O2. The number of hydrogen-bond donors (Lipinski definition) is 2. The van der Waals surface area contributed by atoms with Crippen LogP contribution in [-0.2, 0) is 0 Å². The van der Waals surface area contributed by atoms with Crippen molar-refractivity contribution in [3.05, 3.63) is 60.0 Å². The van der Waals surface area contributed by atoms with E-state index >= 15 is 0 Å². The van der Waals surface area contributed by atoms with Gasteiger partial charge in [0.25, 0.3) is 0 Å². The molecule has 3 rings (SSSR count). The first kappa shape index (κ1) is 17.2. The summed E-state index contributed by atoms with van der Waals surface area (Å²) in [6.45, 7) is 0.710. The van der Waals surface area contributed by atoms with Gasteiger partial charge in [-0.25, -0.2) is 4.98 Å². The molecule has 0 aliphatic heterocycles. The molecule has 0 amide bonds. The third-order valence-electron chi connectivity index (χ3n) is 3.72. The summed E-state index contributed by atoms with van der Waals surface area (Å²) in [5.41, 5.74) is 3.03. The summed E-state index contributed by atoms with van der Waals surface area (Å²) < 4.78 is 5.15. The highest BCUT2D eigenvalue weighted by Crippen LogP contribution is 2.20. The molecule has 1 aromatic carbocycles. The summed E-state index contributed by atoms with van der Waals surface area (Å²) in [6, 6.07) is 13.5. The highest BCUT2D eigenvalue weighted by atomic mass is 16.5. The molecule has 2 aromatic heterocycles. The molecule has 3 aromatic rings. The van der Waals surface area contributed by atoms with Crippen LogP contribution in [-0.4, -0.2) is 35.0 Å². The van der Waals surface area contributed by atoms with E-state index in [9.17, 15) is 0 Å². The lowest BCUT2D eigenvalue weighted by Gasteiger charge is -2.07. The molecule has 0 aliphatic rings. The second-order valence-corrected chi connectivity index (χ2v) is 5.38. The summed E-state index contributed by atoms with van der Waals surface area (Å²) in [4.78, 5) is 8.64. The summed E-state index contributed by atoms with van der Waals surface area (Å²) >= 11 is 0. The van der Waals surface area contributed by atoms with E-state index in [2.05, 4.69) is 32.3 Å². The lowest BCUT2D eigenvalue weighted by atomic mass is 10.2. The Morgan fingerprint density at radius 3 is 2.96 bits per heavy atom. The molecule has 2 N–H and O–H groups in total. The number of ether oxygens (including phenoxy) is 1. The number of aromatic nitrogens is 2. The van der Waals surface area contributed by atoms with Crippen molar-refractivity contribution < 1.29 is 9.94 Å². The Morgan fingerprint density at radius 1 is 1.23 bits per heavy atom. The van der Waals surface area contributed by atoms with Crippen LogP contribution in [0.4, 0.5) is 5.69 Å². The van der Waals surface area contributed by atoms with E-state index in [1.165, 1.54) is 13.3 Å². The first-order valence-electron chi connectivity index (χ1n) is 8.11. The minimum atomic E-state index is 0.434. The van der Waals surface area contributed by atoms with Crippen LogP contribution < -0.4 is 10.1 Å². The van der Waals surface area contributed by atoms with Crippen LogP contribution in [0.15, 0.2) is 53.8 Å². The van der Waals surface area contributed by atoms with Crippen LogP contribution in [0.25, 0.3) is 10.9 Å². The zero-order valence-corrected chi connectivity index (χ0v) is 14.3. The van der Waals surface area contributed by atoms with Crippen LogP contribution in [0.3, 0.4) is 0 Å². The summed E-state index contributed by atoms with van der Waals surface area (Å²) in [7, 11) is 1.53. The average Bonchev–Trinajstić information content (AvgIpc) is 2.68. The van der Waals surface area contributed by atoms with Crippen LogP contribution in [0.2, 0.25) is 0 Å². The van der Waals surface area contributed by atoms with Crippen molar-refractivity contribution in [2.45, 2.75) is 6.42 Å². The minimum absolute atomic E-state index is 0.434. The van der Waals surface area contributed by atoms with Gasteiger partial charge in [-0.05, 0) is 30.2 Å². The molecule has 130 valence electrons. The topological polar surface area (TPSA) is 79.6 Å². The lowest BCUT2D eigenvalue weighted by molar-refractivity contribution is 0.321. The Balaban J connectivity index is 1.63. The maximum Gasteiger partial charge on any atom is 0.146 e. The van der Waals surface area contributed by atoms with Crippen molar-refractivity contribution in [2.75, 3.05) is 19.0 Å². The predicted octanol–water partition coefficient (Wildman–Crippen LogP) is 3.30. The largest absolute Gasteiger partial charge is 0.494 e. The molecular weight excluding hydrogens is 328 g/mol. The molecule has 2 heterocycles. The summed E-state index contributed by atoms with van der Waals surface area (Å²) in [5, 5.41) is 16.2. The number of para-hydroxylation sites is 1. The van der Waals surface area contributed by atoms with Crippen LogP contribution >= 0.6 is 0 Å². The van der Waals surface area contributed by atoms with Gasteiger partial charge in [-0.2, -0.15) is 0 Å². The quantitative estimate of drug-likeness (QED) is 0.244. The van der Waals surface area contributed by atoms with Crippen LogP contribution in [0.1, 0.15) is 17.8 Å². The Labute approximate surface area is 151 Å². The maximum atomic E-state index is 8.69. The van der Waals surface area contributed by atoms with E-state index in [1.807, 2.05) is 30.3 Å². The van der Waals surface area contributed by atoms with Gasteiger partial charge in [-0.3, -0.25) is 4.98 Å². The lowest BCUT2D eigenvalue weighted by Crippen LogP contribution is -2.01. The molecule has 26 heavy (non-hydrogen) atoms. The smallest absolute Gasteiger partial charge is 0.146 e. The van der Waals surface area contributed by atoms with Gasteiger partial charge in [0.15, 0.2) is 0 Å². The molecule has 6 heteroatoms. The van der Waals surface area contributed by atoms with E-state index in [0.29, 0.717) is 30.1 Å². The highest BCUT2D eigenvalue weighted by molar-refractivity contribution is 5.90. The number of methoxy groups -OCH3 is 1. The molecule has 0 fully saturated rings. The average molecular weight is 346 g/mol. The molecule has 0 radical (unpaired) electrons. The maximum absolute atomic E-state index is 8.69. The fourth-order valence-electron chi connectivity index (χ4n) is 2.51. The van der Waals surface area contributed by atoms with E-state index in [4.69, 9.17) is 9.94 Å². The van der Waals surface area contributed by atoms with E-state index in [1.54, 1.807) is 18.3 Å². The van der Waals surface area contributed by atoms with Crippen molar-refractivity contribution in [1.82, 2.24) is 9.97 Å². The molecule has 0 saturated carbocycles. The Morgan fingerprint density at radius 2 is 2.12 bits per heavy atom. The molecule has 0 aliphatic carbocycles. The minimum Gasteiger partial charge on any atom is -0.494 e. The molecule has 0 unspecified atom stereocenters. The van der Waals surface area contributed by atoms with Gasteiger partial charge in [0, 0.05) is 30.2 Å². The molecule has 0 bridgehead atoms. The number of anilines is 1. The first-order valence-corrected chi connectivity index (χ1v) is 8.11. The van der Waals surface area contributed by atoms with E-state index in [-0.39, 0.29) is 0 Å². The van der Waals surface area contributed by atoms with Gasteiger partial charge in [0.1, 0.15) is 17.1 Å². The number of oxime groups is 1. The molecule has 0 spiro atoms. The van der Waals surface area contributed by atoms with Gasteiger partial charge in [0.2, 0.25) is 0 Å². The third kappa shape index (κ3) is 4.08. The number of fused-ring (bicyclic) bond motifs is 1. The number of benzene rings is 1. The fourth-order valence-corrected chi connectivity index (χ4v) is 2.51. The Bertz CT molecular complexity index is 985. The first-order chi connectivity index (χ1) is 12.8. The van der Waals surface area contributed by atoms with Crippen molar-refractivity contribution in [2.24, 2.45) is 5.16 Å². The molecule has 0 atom stereocenters. The fraction of sp³-hybridized carbons (Fsp3) is 0.150. The standard InChI is InChI=1S/C20H18N4O2/c1-26-20-10-9-15(24-19(20)14-23-25)6-4-5-12-21-18-11-13-22-17-8-3-2-7-16(17)18/h2-3,7-11,13-14,25H,5,12H2,1H3,(H,21,22)/b23-14+. The number of nitrogens with zero attached hydrogens (tertiary/aromatic N) is 3. The van der Waals surface area contributed by atoms with Gasteiger partial charge >= 0.3 is 0 Å². The zero-order valence-electron chi connectivity index (χ0n) is 14.3. The van der Waals surface area contributed by atoms with Crippen molar-refractivity contribution in [3.8, 4) is 17.6 Å². The molecule has 6 nitrogen and oxygen atoms in total. The van der Waals surface area contributed by atoms with Crippen molar-refractivity contribution in [3.63, 3.8) is 0 Å². The van der Waals surface area contributed by atoms with Gasteiger partial charge < -0.3 is 15.3 Å². The SMILES string of the molecule is COc1ccc(C#CCCNc2ccnc3ccccc23)nc1/C=N/O. The number of hydrogen-bond acceptors (Lipinski definition) is 6. The summed E-state index contributed by atoms with van der Waals surface area (Å²) in [5.74, 6) is 6.62. The highest BCUT2D eigenvalue weighted by Gasteiger charge is 2.03. The second kappa shape index (κ2) is 8.49. The van der Waals surface area contributed by atoms with Gasteiger partial charge in [-0.1, -0.05) is 29.3 Å².